The molecular weight excluding hydrogens is 210 g/mol. The topological polar surface area (TPSA) is 76.7 Å². The highest BCUT2D eigenvalue weighted by atomic mass is 32.1. The first-order valence-electron chi connectivity index (χ1n) is 4.53. The largest absolute Gasteiger partial charge is 0.382 e. The van der Waals surface area contributed by atoms with Gasteiger partial charge in [-0.05, 0) is 0 Å². The normalized spacial score (nSPS) is 10.1. The molecule has 5 nitrogen and oxygen atoms in total. The molecule has 2 aromatic rings. The Hall–Kier alpha value is -1.69. The molecule has 0 spiro atoms. The van der Waals surface area contributed by atoms with Gasteiger partial charge in [0.1, 0.15) is 11.6 Å². The first-order valence-corrected chi connectivity index (χ1v) is 5.47. The number of nitrogens with zero attached hydrogens (tertiary/aromatic N) is 3. The molecule has 0 saturated carbocycles. The molecular formula is C9H11N5S. The lowest BCUT2D eigenvalue weighted by atomic mass is 10.3. The molecule has 15 heavy (non-hydrogen) atoms. The Morgan fingerprint density at radius 3 is 2.87 bits per heavy atom. The number of rotatable bonds is 4. The van der Waals surface area contributed by atoms with E-state index in [1.165, 1.54) is 6.20 Å². The summed E-state index contributed by atoms with van der Waals surface area (Å²) in [6.45, 7) is 0.794. The molecule has 0 saturated heterocycles. The van der Waals surface area contributed by atoms with Gasteiger partial charge in [0.25, 0.3) is 0 Å². The number of aromatic nitrogens is 3. The maximum absolute atomic E-state index is 5.42. The van der Waals surface area contributed by atoms with Gasteiger partial charge in [-0.3, -0.25) is 0 Å². The fourth-order valence-electron chi connectivity index (χ4n) is 1.11. The third kappa shape index (κ3) is 2.88. The number of nitrogens with one attached hydrogen (secondary N) is 1. The van der Waals surface area contributed by atoms with Gasteiger partial charge in [0.2, 0.25) is 0 Å². The molecule has 0 fully saturated rings. The van der Waals surface area contributed by atoms with E-state index in [9.17, 15) is 0 Å². The monoisotopic (exact) mass is 221 g/mol. The predicted molar refractivity (Wildman–Crippen MR) is 60.8 cm³/mol. The van der Waals surface area contributed by atoms with E-state index < -0.39 is 0 Å². The van der Waals surface area contributed by atoms with E-state index in [0.29, 0.717) is 5.82 Å². The molecule has 0 aliphatic heterocycles. The molecule has 0 bridgehead atoms. The van der Waals surface area contributed by atoms with Crippen LogP contribution >= 0.6 is 11.3 Å². The second-order valence-electron chi connectivity index (χ2n) is 2.98. The van der Waals surface area contributed by atoms with Crippen LogP contribution in [-0.4, -0.2) is 21.5 Å². The lowest BCUT2D eigenvalue weighted by Crippen LogP contribution is -2.07. The standard InChI is InChI=1S/C9H11N5S/c10-8-3-13-9(4-12-8)11-2-1-7-5-15-6-14-7/h3-6H,1-2H2,(H2,10,12)(H,11,13). The number of hydrogen-bond donors (Lipinski definition) is 2. The number of nitrogen functional groups attached to an aromatic ring is 1. The third-order valence-electron chi connectivity index (χ3n) is 1.84. The summed E-state index contributed by atoms with van der Waals surface area (Å²) in [5.41, 5.74) is 8.35. The van der Waals surface area contributed by atoms with Crippen molar-refractivity contribution in [1.29, 1.82) is 0 Å². The summed E-state index contributed by atoms with van der Waals surface area (Å²) in [6.07, 6.45) is 4.04. The molecule has 0 aliphatic carbocycles. The number of hydrogen-bond acceptors (Lipinski definition) is 6. The predicted octanol–water partition coefficient (Wildman–Crippen LogP) is 1.17. The minimum atomic E-state index is 0.431. The van der Waals surface area contributed by atoms with Gasteiger partial charge in [-0.2, -0.15) is 0 Å². The lowest BCUT2D eigenvalue weighted by Gasteiger charge is -2.03. The van der Waals surface area contributed by atoms with Crippen LogP contribution < -0.4 is 11.1 Å². The third-order valence-corrected chi connectivity index (χ3v) is 2.48. The molecule has 0 atom stereocenters. The van der Waals surface area contributed by atoms with E-state index in [-0.39, 0.29) is 0 Å². The van der Waals surface area contributed by atoms with Gasteiger partial charge in [-0.1, -0.05) is 0 Å². The van der Waals surface area contributed by atoms with Crippen molar-refractivity contribution in [2.24, 2.45) is 0 Å². The summed E-state index contributed by atoms with van der Waals surface area (Å²) in [4.78, 5) is 12.2. The minimum absolute atomic E-state index is 0.431. The van der Waals surface area contributed by atoms with Crippen molar-refractivity contribution in [3.05, 3.63) is 29.0 Å². The Labute approximate surface area is 91.4 Å². The quantitative estimate of drug-likeness (QED) is 0.810. The average molecular weight is 221 g/mol. The van der Waals surface area contributed by atoms with Crippen molar-refractivity contribution in [3.8, 4) is 0 Å². The highest BCUT2D eigenvalue weighted by Gasteiger charge is 1.96. The Bertz CT molecular complexity index is 397. The fraction of sp³-hybridized carbons (Fsp3) is 0.222. The van der Waals surface area contributed by atoms with Crippen LogP contribution in [0.5, 0.6) is 0 Å². The number of thiazole rings is 1. The second-order valence-corrected chi connectivity index (χ2v) is 3.70. The molecule has 0 amide bonds. The maximum Gasteiger partial charge on any atom is 0.144 e. The molecule has 6 heteroatoms. The highest BCUT2D eigenvalue weighted by Crippen LogP contribution is 2.04. The SMILES string of the molecule is Nc1cnc(NCCc2cscn2)cn1. The van der Waals surface area contributed by atoms with Gasteiger partial charge in [0.05, 0.1) is 23.6 Å². The first-order chi connectivity index (χ1) is 7.34. The highest BCUT2D eigenvalue weighted by molar-refractivity contribution is 7.07. The molecule has 0 aromatic carbocycles. The van der Waals surface area contributed by atoms with Crippen LogP contribution in [0.15, 0.2) is 23.3 Å². The van der Waals surface area contributed by atoms with Crippen LogP contribution in [-0.2, 0) is 6.42 Å². The van der Waals surface area contributed by atoms with Crippen molar-refractivity contribution >= 4 is 23.0 Å². The van der Waals surface area contributed by atoms with Gasteiger partial charge < -0.3 is 11.1 Å². The average Bonchev–Trinajstić information content (AvgIpc) is 2.74. The summed E-state index contributed by atoms with van der Waals surface area (Å²) < 4.78 is 0. The summed E-state index contributed by atoms with van der Waals surface area (Å²) >= 11 is 1.60. The molecule has 2 aromatic heterocycles. The zero-order valence-electron chi connectivity index (χ0n) is 8.05. The zero-order valence-corrected chi connectivity index (χ0v) is 8.87. The summed E-state index contributed by atoms with van der Waals surface area (Å²) in [7, 11) is 0. The van der Waals surface area contributed by atoms with Crippen molar-refractivity contribution in [3.63, 3.8) is 0 Å². The molecule has 2 heterocycles. The number of nitrogens with two attached hydrogens (primary N) is 1. The van der Waals surface area contributed by atoms with E-state index in [4.69, 9.17) is 5.73 Å². The van der Waals surface area contributed by atoms with Gasteiger partial charge in [-0.25, -0.2) is 15.0 Å². The van der Waals surface area contributed by atoms with E-state index in [1.54, 1.807) is 17.5 Å². The van der Waals surface area contributed by atoms with Crippen LogP contribution in [0.4, 0.5) is 11.6 Å². The maximum atomic E-state index is 5.42. The van der Waals surface area contributed by atoms with Gasteiger partial charge in [0, 0.05) is 18.3 Å². The van der Waals surface area contributed by atoms with Gasteiger partial charge in [0.15, 0.2) is 0 Å². The van der Waals surface area contributed by atoms with E-state index >= 15 is 0 Å². The van der Waals surface area contributed by atoms with Gasteiger partial charge in [-0.15, -0.1) is 11.3 Å². The van der Waals surface area contributed by atoms with Crippen LogP contribution in [0, 0.1) is 0 Å². The van der Waals surface area contributed by atoms with Crippen LogP contribution in [0.3, 0.4) is 0 Å². The lowest BCUT2D eigenvalue weighted by molar-refractivity contribution is 0.965. The second kappa shape index (κ2) is 4.70. The van der Waals surface area contributed by atoms with E-state index in [2.05, 4.69) is 20.3 Å². The Balaban J connectivity index is 1.81. The van der Waals surface area contributed by atoms with Crippen molar-refractivity contribution < 1.29 is 0 Å². The van der Waals surface area contributed by atoms with Crippen molar-refractivity contribution in [2.45, 2.75) is 6.42 Å². The van der Waals surface area contributed by atoms with Gasteiger partial charge >= 0.3 is 0 Å². The molecule has 0 aliphatic rings. The summed E-state index contributed by atoms with van der Waals surface area (Å²) in [5, 5.41) is 5.18. The van der Waals surface area contributed by atoms with E-state index in [1.807, 2.05) is 10.9 Å². The Kier molecular flexibility index (Phi) is 3.08. The minimum Gasteiger partial charge on any atom is -0.382 e. The smallest absolute Gasteiger partial charge is 0.144 e. The molecule has 2 rings (SSSR count). The first kappa shape index (κ1) is 9.85. The van der Waals surface area contributed by atoms with Crippen LogP contribution in [0.2, 0.25) is 0 Å². The van der Waals surface area contributed by atoms with Crippen molar-refractivity contribution in [1.82, 2.24) is 15.0 Å². The number of anilines is 2. The van der Waals surface area contributed by atoms with Crippen LogP contribution in [0.25, 0.3) is 0 Å². The molecule has 0 radical (unpaired) electrons. The molecule has 3 N–H and O–H groups in total. The Morgan fingerprint density at radius 2 is 2.20 bits per heavy atom. The van der Waals surface area contributed by atoms with Crippen LogP contribution in [0.1, 0.15) is 5.69 Å². The fourth-order valence-corrected chi connectivity index (χ4v) is 1.70. The molecule has 0 unspecified atom stereocenters. The molecule has 78 valence electrons. The van der Waals surface area contributed by atoms with E-state index in [0.717, 1.165) is 24.5 Å². The summed E-state index contributed by atoms with van der Waals surface area (Å²) in [5.74, 6) is 1.17. The summed E-state index contributed by atoms with van der Waals surface area (Å²) in [6, 6.07) is 0. The van der Waals surface area contributed by atoms with Crippen molar-refractivity contribution in [2.75, 3.05) is 17.6 Å². The zero-order chi connectivity index (χ0) is 10.5. The Morgan fingerprint density at radius 1 is 1.27 bits per heavy atom.